The Balaban J connectivity index is 3.47. The fourth-order valence-electron chi connectivity index (χ4n) is 2.02. The molecule has 0 saturated heterocycles. The number of hydrogen-bond acceptors (Lipinski definition) is 3. The van der Waals surface area contributed by atoms with Gasteiger partial charge in [0, 0.05) is 17.3 Å². The lowest BCUT2D eigenvalue weighted by molar-refractivity contribution is -0.137. The smallest absolute Gasteiger partial charge is 0.328 e. The minimum atomic E-state index is -0.987. The third kappa shape index (κ3) is 4.33. The van der Waals surface area contributed by atoms with Gasteiger partial charge in [0.2, 0.25) is 0 Å². The third-order valence-corrected chi connectivity index (χ3v) is 3.61. The van der Waals surface area contributed by atoms with Crippen molar-refractivity contribution < 1.29 is 15.0 Å². The van der Waals surface area contributed by atoms with Crippen molar-refractivity contribution in [1.82, 2.24) is 0 Å². The zero-order valence-electron chi connectivity index (χ0n) is 14.6. The van der Waals surface area contributed by atoms with Crippen molar-refractivity contribution in [3.63, 3.8) is 0 Å². The summed E-state index contributed by atoms with van der Waals surface area (Å²) >= 11 is 0. The van der Waals surface area contributed by atoms with Crippen molar-refractivity contribution in [3.05, 3.63) is 28.8 Å². The number of carboxylic acid groups (broad SMARTS) is 1. The van der Waals surface area contributed by atoms with Crippen LogP contribution in [0, 0.1) is 0 Å². The van der Waals surface area contributed by atoms with Crippen LogP contribution < -0.4 is 0 Å². The topological polar surface area (TPSA) is 69.9 Å². The second-order valence-corrected chi connectivity index (χ2v) is 7.75. The molecule has 0 radical (unpaired) electrons. The minimum absolute atomic E-state index is 0.0747. The molecule has 0 aliphatic rings. The molecule has 0 bridgehead atoms. The van der Waals surface area contributed by atoms with Crippen LogP contribution >= 0.6 is 0 Å². The molecule has 0 heterocycles. The summed E-state index contributed by atoms with van der Waals surface area (Å²) in [7, 11) is 0. The maximum Gasteiger partial charge on any atom is 0.328 e. The number of carboxylic acids is 1. The van der Waals surface area contributed by atoms with Crippen molar-refractivity contribution in [2.24, 2.45) is 4.99 Å². The zero-order valence-corrected chi connectivity index (χ0v) is 14.6. The molecule has 4 heteroatoms. The van der Waals surface area contributed by atoms with Gasteiger partial charge in [-0.25, -0.2) is 4.79 Å². The van der Waals surface area contributed by atoms with Crippen LogP contribution in [0.4, 0.5) is 0 Å². The molecule has 0 amide bonds. The van der Waals surface area contributed by atoms with E-state index in [4.69, 9.17) is 5.11 Å². The van der Waals surface area contributed by atoms with Crippen molar-refractivity contribution in [3.8, 4) is 5.75 Å². The van der Waals surface area contributed by atoms with E-state index in [9.17, 15) is 9.90 Å². The second-order valence-electron chi connectivity index (χ2n) is 7.75. The summed E-state index contributed by atoms with van der Waals surface area (Å²) in [6.07, 6.45) is 1.46. The number of aliphatic imine (C=N–C) groups is 1. The Bertz CT molecular complexity index is 590. The lowest BCUT2D eigenvalue weighted by atomic mass is 9.79. The fraction of sp³-hybridized carbons (Fsp3) is 0.556. The van der Waals surface area contributed by atoms with E-state index in [1.807, 2.05) is 32.9 Å². The van der Waals surface area contributed by atoms with Crippen LogP contribution in [0.1, 0.15) is 65.2 Å². The summed E-state index contributed by atoms with van der Waals surface area (Å²) in [6.45, 7) is 13.9. The predicted octanol–water partition coefficient (Wildman–Crippen LogP) is 3.88. The van der Waals surface area contributed by atoms with E-state index in [2.05, 4.69) is 25.8 Å². The molecule has 2 N–H and O–H groups in total. The van der Waals surface area contributed by atoms with E-state index in [1.165, 1.54) is 13.1 Å². The van der Waals surface area contributed by atoms with Gasteiger partial charge in [0.1, 0.15) is 11.8 Å². The van der Waals surface area contributed by atoms with Crippen LogP contribution in [-0.2, 0) is 15.6 Å². The first kappa shape index (κ1) is 18.2. The Morgan fingerprint density at radius 3 is 2.09 bits per heavy atom. The van der Waals surface area contributed by atoms with Crippen molar-refractivity contribution in [1.29, 1.82) is 0 Å². The molecule has 0 aliphatic carbocycles. The van der Waals surface area contributed by atoms with E-state index in [1.54, 1.807) is 0 Å². The van der Waals surface area contributed by atoms with Crippen LogP contribution in [0.5, 0.6) is 5.75 Å². The van der Waals surface area contributed by atoms with Crippen LogP contribution in [0.15, 0.2) is 17.1 Å². The van der Waals surface area contributed by atoms with Gasteiger partial charge in [0.25, 0.3) is 0 Å². The van der Waals surface area contributed by atoms with Crippen molar-refractivity contribution >= 4 is 12.2 Å². The summed E-state index contributed by atoms with van der Waals surface area (Å²) in [5.74, 6) is -0.819. The van der Waals surface area contributed by atoms with Crippen LogP contribution in [0.25, 0.3) is 0 Å². The lowest BCUT2D eigenvalue weighted by Gasteiger charge is -2.27. The van der Waals surface area contributed by atoms with E-state index in [0.717, 1.165) is 11.1 Å². The van der Waals surface area contributed by atoms with E-state index in [0.29, 0.717) is 5.56 Å². The van der Waals surface area contributed by atoms with Gasteiger partial charge < -0.3 is 10.2 Å². The maximum atomic E-state index is 10.9. The Hall–Kier alpha value is -1.84. The number of hydrogen-bond donors (Lipinski definition) is 2. The quantitative estimate of drug-likeness (QED) is 0.833. The number of aromatic hydroxyl groups is 1. The Kier molecular flexibility index (Phi) is 5.06. The van der Waals surface area contributed by atoms with Gasteiger partial charge >= 0.3 is 5.97 Å². The molecule has 0 spiro atoms. The molecular weight excluding hydrogens is 278 g/mol. The van der Waals surface area contributed by atoms with Crippen LogP contribution in [0.2, 0.25) is 0 Å². The number of benzene rings is 1. The molecule has 0 unspecified atom stereocenters. The van der Waals surface area contributed by atoms with Gasteiger partial charge in [-0.2, -0.15) is 0 Å². The summed E-state index contributed by atoms with van der Waals surface area (Å²) in [6, 6.07) is 3.06. The van der Waals surface area contributed by atoms with Crippen LogP contribution in [-0.4, -0.2) is 28.4 Å². The molecule has 1 aromatic rings. The summed E-state index contributed by atoms with van der Waals surface area (Å²) < 4.78 is 0. The first-order chi connectivity index (χ1) is 9.84. The highest BCUT2D eigenvalue weighted by molar-refractivity contribution is 5.87. The van der Waals surface area contributed by atoms with Crippen molar-refractivity contribution in [2.45, 2.75) is 65.3 Å². The first-order valence-corrected chi connectivity index (χ1v) is 7.48. The SMILES string of the molecule is C[C@H](N=Cc1cc(C(C)(C)C)cc(C(C)(C)C)c1O)C(=O)O. The zero-order chi connectivity index (χ0) is 17.3. The Morgan fingerprint density at radius 2 is 1.68 bits per heavy atom. The minimum Gasteiger partial charge on any atom is -0.507 e. The number of carbonyl (C=O) groups is 1. The van der Waals surface area contributed by atoms with Gasteiger partial charge in [0.05, 0.1) is 0 Å². The fourth-order valence-corrected chi connectivity index (χ4v) is 2.02. The van der Waals surface area contributed by atoms with Gasteiger partial charge in [-0.05, 0) is 29.4 Å². The highest BCUT2D eigenvalue weighted by Crippen LogP contribution is 2.37. The molecule has 22 heavy (non-hydrogen) atoms. The average Bonchev–Trinajstić information content (AvgIpc) is 2.33. The third-order valence-electron chi connectivity index (χ3n) is 3.61. The molecule has 0 fully saturated rings. The molecule has 1 atom stereocenters. The largest absolute Gasteiger partial charge is 0.507 e. The summed E-state index contributed by atoms with van der Waals surface area (Å²) in [4.78, 5) is 14.9. The number of phenolic OH excluding ortho intramolecular Hbond substituents is 1. The highest BCUT2D eigenvalue weighted by Gasteiger charge is 2.24. The summed E-state index contributed by atoms with van der Waals surface area (Å²) in [5.41, 5.74) is 2.19. The number of aliphatic carboxylic acids is 1. The first-order valence-electron chi connectivity index (χ1n) is 7.48. The van der Waals surface area contributed by atoms with Gasteiger partial charge in [-0.3, -0.25) is 4.99 Å². The monoisotopic (exact) mass is 305 g/mol. The molecule has 0 saturated carbocycles. The Morgan fingerprint density at radius 1 is 1.14 bits per heavy atom. The molecule has 1 rings (SSSR count). The number of rotatable bonds is 3. The number of phenols is 1. The van der Waals surface area contributed by atoms with E-state index in [-0.39, 0.29) is 16.6 Å². The normalized spacial score (nSPS) is 14.3. The van der Waals surface area contributed by atoms with Gasteiger partial charge in [-0.1, -0.05) is 47.6 Å². The van der Waals surface area contributed by atoms with Crippen LogP contribution in [0.3, 0.4) is 0 Å². The molecule has 0 aliphatic heterocycles. The molecular formula is C18H27NO3. The lowest BCUT2D eigenvalue weighted by Crippen LogP contribution is -2.18. The second kappa shape index (κ2) is 6.11. The maximum absolute atomic E-state index is 10.9. The predicted molar refractivity (Wildman–Crippen MR) is 90.2 cm³/mol. The Labute approximate surface area is 132 Å². The molecule has 122 valence electrons. The van der Waals surface area contributed by atoms with Gasteiger partial charge in [0.15, 0.2) is 0 Å². The molecule has 0 aromatic heterocycles. The molecule has 4 nitrogen and oxygen atoms in total. The molecule has 1 aromatic carbocycles. The number of nitrogens with zero attached hydrogens (tertiary/aromatic N) is 1. The standard InChI is InChI=1S/C18H27NO3/c1-11(16(21)22)19-10-12-8-13(17(2,3)4)9-14(15(12)20)18(5,6)7/h8-11,20H,1-7H3,(H,21,22)/t11-/m0/s1. The van der Waals surface area contributed by atoms with Gasteiger partial charge in [-0.15, -0.1) is 0 Å². The van der Waals surface area contributed by atoms with E-state index >= 15 is 0 Å². The van der Waals surface area contributed by atoms with Crippen molar-refractivity contribution in [2.75, 3.05) is 0 Å². The highest BCUT2D eigenvalue weighted by atomic mass is 16.4. The summed E-state index contributed by atoms with van der Waals surface area (Å²) in [5, 5.41) is 19.4. The average molecular weight is 305 g/mol. The van der Waals surface area contributed by atoms with E-state index < -0.39 is 12.0 Å².